The Balaban J connectivity index is 2.20. The summed E-state index contributed by atoms with van der Waals surface area (Å²) in [5, 5.41) is 2.68. The Hall–Kier alpha value is -2.54. The van der Waals surface area contributed by atoms with E-state index in [0.717, 1.165) is 0 Å². The largest absolute Gasteiger partial charge is 0.444 e. The number of hydrogen-bond acceptors (Lipinski definition) is 5. The van der Waals surface area contributed by atoms with Crippen LogP contribution in [0.1, 0.15) is 20.8 Å². The summed E-state index contributed by atoms with van der Waals surface area (Å²) in [5.41, 5.74) is -0.883. The lowest BCUT2D eigenvalue weighted by molar-refractivity contribution is 0.0635. The van der Waals surface area contributed by atoms with Crippen molar-refractivity contribution in [2.24, 2.45) is 0 Å². The zero-order valence-corrected chi connectivity index (χ0v) is 13.6. The molecule has 0 spiro atoms. The minimum atomic E-state index is -0.634. The van der Waals surface area contributed by atoms with Crippen LogP contribution in [0.4, 0.5) is 10.5 Å². The molecule has 1 aromatic carbocycles. The minimum absolute atomic E-state index is 0.0113. The van der Waals surface area contributed by atoms with Crippen LogP contribution in [0, 0.1) is 0 Å². The number of aromatic nitrogens is 2. The van der Waals surface area contributed by atoms with E-state index >= 15 is 0 Å². The maximum Gasteiger partial charge on any atom is 0.412 e. The van der Waals surface area contributed by atoms with Crippen molar-refractivity contribution in [1.29, 1.82) is 0 Å². The lowest BCUT2D eigenvalue weighted by Crippen LogP contribution is -2.27. The summed E-state index contributed by atoms with van der Waals surface area (Å²) in [6, 6.07) is 8.03. The van der Waals surface area contributed by atoms with Crippen molar-refractivity contribution in [2.75, 3.05) is 5.32 Å². The first kappa shape index (κ1) is 16.8. The van der Waals surface area contributed by atoms with Crippen molar-refractivity contribution in [3.8, 4) is 11.6 Å². The highest BCUT2D eigenvalue weighted by Gasteiger charge is 2.17. The Morgan fingerprint density at radius 2 is 2.00 bits per heavy atom. The summed E-state index contributed by atoms with van der Waals surface area (Å²) in [5.74, 6) is 0.310. The number of hydrogen-bond donors (Lipinski definition) is 2. The van der Waals surface area contributed by atoms with E-state index in [9.17, 15) is 9.59 Å². The fraction of sp³-hybridized carbons (Fsp3) is 0.267. The van der Waals surface area contributed by atoms with Crippen molar-refractivity contribution >= 4 is 23.4 Å². The van der Waals surface area contributed by atoms with Crippen molar-refractivity contribution in [2.45, 2.75) is 26.4 Å². The number of para-hydroxylation sites is 2. The van der Waals surface area contributed by atoms with Crippen LogP contribution in [0.2, 0.25) is 5.15 Å². The zero-order chi connectivity index (χ0) is 17.0. The van der Waals surface area contributed by atoms with Crippen LogP contribution in [0.15, 0.2) is 35.1 Å². The molecule has 0 aliphatic heterocycles. The van der Waals surface area contributed by atoms with Crippen LogP contribution < -0.4 is 15.7 Å². The van der Waals surface area contributed by atoms with E-state index in [-0.39, 0.29) is 11.0 Å². The first-order valence-electron chi connectivity index (χ1n) is 6.77. The van der Waals surface area contributed by atoms with Gasteiger partial charge in [0.15, 0.2) is 5.75 Å². The number of rotatable bonds is 3. The summed E-state index contributed by atoms with van der Waals surface area (Å²) in [6.07, 6.45) is -0.620. The quantitative estimate of drug-likeness (QED) is 0.835. The average Bonchev–Trinajstić information content (AvgIpc) is 2.37. The number of nitrogens with one attached hydrogen (secondary N) is 2. The van der Waals surface area contributed by atoms with Crippen molar-refractivity contribution < 1.29 is 14.3 Å². The molecule has 0 unspecified atom stereocenters. The van der Waals surface area contributed by atoms with Gasteiger partial charge in [-0.05, 0) is 32.9 Å². The monoisotopic (exact) mass is 337 g/mol. The van der Waals surface area contributed by atoms with Gasteiger partial charge in [-0.15, -0.1) is 0 Å². The molecule has 2 aromatic rings. The van der Waals surface area contributed by atoms with E-state index in [1.165, 1.54) is 6.07 Å². The van der Waals surface area contributed by atoms with Crippen LogP contribution in [0.5, 0.6) is 11.6 Å². The summed E-state index contributed by atoms with van der Waals surface area (Å²) >= 11 is 5.75. The van der Waals surface area contributed by atoms with Crippen LogP contribution >= 0.6 is 11.6 Å². The Labute approximate surface area is 137 Å². The molecule has 0 radical (unpaired) electrons. The van der Waals surface area contributed by atoms with Crippen LogP contribution in [-0.4, -0.2) is 21.7 Å². The van der Waals surface area contributed by atoms with Crippen LogP contribution in [-0.2, 0) is 4.74 Å². The standard InChI is InChI=1S/C15H16ClN3O4/c1-15(2,3)23-14(21)17-9-6-4-5-7-10(9)22-12-8-11(16)18-13(20)19-12/h4-8H,1-3H3,(H,17,21)(H,18,19,20). The highest BCUT2D eigenvalue weighted by Crippen LogP contribution is 2.28. The van der Waals surface area contributed by atoms with Crippen LogP contribution in [0.25, 0.3) is 0 Å². The number of H-pyrrole nitrogens is 1. The van der Waals surface area contributed by atoms with E-state index in [1.807, 2.05) is 0 Å². The molecule has 0 aliphatic rings. The first-order chi connectivity index (χ1) is 10.7. The molecule has 0 saturated heterocycles. The lowest BCUT2D eigenvalue weighted by atomic mass is 10.2. The fourth-order valence-electron chi connectivity index (χ4n) is 1.64. The molecule has 122 valence electrons. The van der Waals surface area contributed by atoms with E-state index in [2.05, 4.69) is 15.3 Å². The summed E-state index contributed by atoms with van der Waals surface area (Å²) in [6.45, 7) is 5.28. The molecular weight excluding hydrogens is 322 g/mol. The fourth-order valence-corrected chi connectivity index (χ4v) is 1.82. The maximum absolute atomic E-state index is 11.9. The van der Waals surface area contributed by atoms with Crippen molar-refractivity contribution in [3.63, 3.8) is 0 Å². The predicted molar refractivity (Wildman–Crippen MR) is 86.2 cm³/mol. The smallest absolute Gasteiger partial charge is 0.412 e. The number of amides is 1. The van der Waals surface area contributed by atoms with Gasteiger partial charge in [-0.25, -0.2) is 9.59 Å². The number of aromatic amines is 1. The molecule has 1 amide bonds. The number of anilines is 1. The van der Waals surface area contributed by atoms with Gasteiger partial charge >= 0.3 is 11.8 Å². The Morgan fingerprint density at radius 3 is 2.65 bits per heavy atom. The molecule has 8 heteroatoms. The second kappa shape index (κ2) is 6.70. The number of carbonyl (C=O) groups is 1. The summed E-state index contributed by atoms with van der Waals surface area (Å²) < 4.78 is 10.7. The molecule has 23 heavy (non-hydrogen) atoms. The number of nitrogens with zero attached hydrogens (tertiary/aromatic N) is 1. The Bertz CT molecular complexity index is 768. The minimum Gasteiger partial charge on any atom is -0.444 e. The molecule has 0 atom stereocenters. The SMILES string of the molecule is CC(C)(C)OC(=O)Nc1ccccc1Oc1cc(Cl)[nH]c(=O)n1. The van der Waals surface area contributed by atoms with Crippen molar-refractivity contribution in [1.82, 2.24) is 9.97 Å². The van der Waals surface area contributed by atoms with E-state index < -0.39 is 17.4 Å². The second-order valence-electron chi connectivity index (χ2n) is 5.60. The molecule has 1 heterocycles. The van der Waals surface area contributed by atoms with E-state index in [4.69, 9.17) is 21.1 Å². The lowest BCUT2D eigenvalue weighted by Gasteiger charge is -2.20. The van der Waals surface area contributed by atoms with Gasteiger partial charge in [0.2, 0.25) is 5.88 Å². The van der Waals surface area contributed by atoms with Crippen LogP contribution in [0.3, 0.4) is 0 Å². The maximum atomic E-state index is 11.9. The van der Waals surface area contributed by atoms with Gasteiger partial charge in [0.1, 0.15) is 10.8 Å². The predicted octanol–water partition coefficient (Wildman–Crippen LogP) is 3.56. The molecule has 1 aromatic heterocycles. The third kappa shape index (κ3) is 5.30. The van der Waals surface area contributed by atoms with Gasteiger partial charge in [0, 0.05) is 6.07 Å². The van der Waals surface area contributed by atoms with Gasteiger partial charge < -0.3 is 9.47 Å². The highest BCUT2D eigenvalue weighted by atomic mass is 35.5. The number of halogens is 1. The first-order valence-corrected chi connectivity index (χ1v) is 7.14. The van der Waals surface area contributed by atoms with Gasteiger partial charge in [-0.2, -0.15) is 4.98 Å². The van der Waals surface area contributed by atoms with Gasteiger partial charge in [0.05, 0.1) is 5.69 Å². The highest BCUT2D eigenvalue weighted by molar-refractivity contribution is 6.29. The van der Waals surface area contributed by atoms with Gasteiger partial charge in [-0.3, -0.25) is 10.3 Å². The van der Waals surface area contributed by atoms with E-state index in [1.54, 1.807) is 45.0 Å². The van der Waals surface area contributed by atoms with Gasteiger partial charge in [0.25, 0.3) is 0 Å². The molecule has 0 aliphatic carbocycles. The molecule has 0 fully saturated rings. The van der Waals surface area contributed by atoms with E-state index in [0.29, 0.717) is 11.4 Å². The number of benzene rings is 1. The third-order valence-electron chi connectivity index (χ3n) is 2.43. The van der Waals surface area contributed by atoms with Crippen molar-refractivity contribution in [3.05, 3.63) is 46.0 Å². The molecule has 7 nitrogen and oxygen atoms in total. The summed E-state index contributed by atoms with van der Waals surface area (Å²) in [4.78, 5) is 29.1. The molecule has 2 rings (SSSR count). The molecular formula is C15H16ClN3O4. The Kier molecular flexibility index (Phi) is 4.90. The number of ether oxygens (including phenoxy) is 2. The molecule has 0 saturated carbocycles. The number of carbonyl (C=O) groups excluding carboxylic acids is 1. The topological polar surface area (TPSA) is 93.3 Å². The second-order valence-corrected chi connectivity index (χ2v) is 6.00. The normalized spacial score (nSPS) is 11.0. The molecule has 2 N–H and O–H groups in total. The summed E-state index contributed by atoms with van der Waals surface area (Å²) in [7, 11) is 0. The Morgan fingerprint density at radius 1 is 1.30 bits per heavy atom. The molecule has 0 bridgehead atoms. The third-order valence-corrected chi connectivity index (χ3v) is 2.63. The van der Waals surface area contributed by atoms with Gasteiger partial charge in [-0.1, -0.05) is 23.7 Å². The zero-order valence-electron chi connectivity index (χ0n) is 12.8. The average molecular weight is 338 g/mol.